The Labute approximate surface area is 110 Å². The second-order valence-corrected chi connectivity index (χ2v) is 4.94. The van der Waals surface area contributed by atoms with E-state index >= 15 is 0 Å². The predicted octanol–water partition coefficient (Wildman–Crippen LogP) is 2.09. The van der Waals surface area contributed by atoms with Gasteiger partial charge in [-0.3, -0.25) is 0 Å². The number of tetrazole rings is 1. The summed E-state index contributed by atoms with van der Waals surface area (Å²) in [7, 11) is 3.82. The number of unbranched alkanes of at least 4 members (excludes halogenated alkanes) is 5. The predicted molar refractivity (Wildman–Crippen MR) is 73.3 cm³/mol. The zero-order chi connectivity index (χ0) is 13.2. The maximum absolute atomic E-state index is 4.22. The van der Waals surface area contributed by atoms with Crippen LogP contribution in [0.1, 0.15) is 57.7 Å². The van der Waals surface area contributed by atoms with Crippen molar-refractivity contribution in [1.82, 2.24) is 25.5 Å². The molecule has 0 amide bonds. The highest BCUT2D eigenvalue weighted by atomic mass is 15.6. The van der Waals surface area contributed by atoms with Crippen molar-refractivity contribution in [1.29, 1.82) is 0 Å². The lowest BCUT2D eigenvalue weighted by atomic mass is 10.0. The molecule has 0 aliphatic heterocycles. The van der Waals surface area contributed by atoms with Gasteiger partial charge in [-0.15, -0.1) is 10.2 Å². The van der Waals surface area contributed by atoms with E-state index in [-0.39, 0.29) is 0 Å². The van der Waals surface area contributed by atoms with Crippen molar-refractivity contribution >= 4 is 0 Å². The van der Waals surface area contributed by atoms with Crippen LogP contribution in [-0.2, 0) is 13.5 Å². The van der Waals surface area contributed by atoms with Gasteiger partial charge in [0.2, 0.25) is 0 Å². The van der Waals surface area contributed by atoms with Gasteiger partial charge in [-0.05, 0) is 18.7 Å². The topological polar surface area (TPSA) is 55.6 Å². The number of hydrogen-bond donors (Lipinski definition) is 1. The van der Waals surface area contributed by atoms with E-state index in [0.717, 1.165) is 12.2 Å². The first-order valence-corrected chi connectivity index (χ1v) is 7.16. The Bertz CT molecular complexity index is 310. The first kappa shape index (κ1) is 15.1. The van der Waals surface area contributed by atoms with Gasteiger partial charge in [0.15, 0.2) is 5.82 Å². The quantitative estimate of drug-likeness (QED) is 0.649. The number of nitrogens with one attached hydrogen (secondary N) is 1. The summed E-state index contributed by atoms with van der Waals surface area (Å²) in [6.07, 6.45) is 10.1. The Hall–Kier alpha value is -0.970. The molecule has 0 saturated heterocycles. The molecule has 1 unspecified atom stereocenters. The summed E-state index contributed by atoms with van der Waals surface area (Å²) >= 11 is 0. The molecule has 0 aromatic carbocycles. The first-order valence-electron chi connectivity index (χ1n) is 7.16. The molecule has 1 rings (SSSR count). The van der Waals surface area contributed by atoms with Gasteiger partial charge in [-0.25, -0.2) is 0 Å². The molecular formula is C13H27N5. The molecule has 0 radical (unpaired) electrons. The van der Waals surface area contributed by atoms with E-state index in [1.54, 1.807) is 7.05 Å². The summed E-state index contributed by atoms with van der Waals surface area (Å²) in [6, 6.07) is 0.473. The number of hydrogen-bond acceptors (Lipinski definition) is 4. The Morgan fingerprint density at radius 2 is 1.89 bits per heavy atom. The second kappa shape index (κ2) is 9.03. The molecule has 1 N–H and O–H groups in total. The standard InChI is InChI=1S/C13H27N5/c1-4-5-6-7-8-9-10-12(14-2)11-13-15-17-18(3)16-13/h12,14H,4-11H2,1-3H3. The van der Waals surface area contributed by atoms with Crippen LogP contribution in [0.2, 0.25) is 0 Å². The minimum Gasteiger partial charge on any atom is -0.317 e. The Kier molecular flexibility index (Phi) is 7.57. The fourth-order valence-electron chi connectivity index (χ4n) is 2.14. The van der Waals surface area contributed by atoms with Crippen molar-refractivity contribution < 1.29 is 0 Å². The minimum atomic E-state index is 0.473. The Morgan fingerprint density at radius 3 is 2.50 bits per heavy atom. The van der Waals surface area contributed by atoms with Crippen molar-refractivity contribution in [3.63, 3.8) is 0 Å². The monoisotopic (exact) mass is 253 g/mol. The number of rotatable bonds is 10. The zero-order valence-corrected chi connectivity index (χ0v) is 12.0. The SMILES string of the molecule is CCCCCCCCC(Cc1nnn(C)n1)NC. The van der Waals surface area contributed by atoms with E-state index in [9.17, 15) is 0 Å². The van der Waals surface area contributed by atoms with E-state index in [1.807, 2.05) is 7.05 Å². The second-order valence-electron chi connectivity index (χ2n) is 4.94. The summed E-state index contributed by atoms with van der Waals surface area (Å²) < 4.78 is 0. The number of nitrogens with zero attached hydrogens (tertiary/aromatic N) is 4. The number of aryl methyl sites for hydroxylation is 1. The average molecular weight is 253 g/mol. The molecule has 0 aliphatic carbocycles. The van der Waals surface area contributed by atoms with E-state index < -0.39 is 0 Å². The van der Waals surface area contributed by atoms with Crippen molar-refractivity contribution in [2.45, 2.75) is 64.3 Å². The van der Waals surface area contributed by atoms with Crippen molar-refractivity contribution in [2.75, 3.05) is 7.05 Å². The third-order valence-electron chi connectivity index (χ3n) is 3.29. The van der Waals surface area contributed by atoms with E-state index in [0.29, 0.717) is 6.04 Å². The van der Waals surface area contributed by atoms with Gasteiger partial charge >= 0.3 is 0 Å². The van der Waals surface area contributed by atoms with Crippen LogP contribution in [0.3, 0.4) is 0 Å². The molecule has 1 aromatic rings. The first-order chi connectivity index (χ1) is 8.76. The van der Waals surface area contributed by atoms with E-state index in [1.165, 1.54) is 49.7 Å². The maximum Gasteiger partial charge on any atom is 0.176 e. The van der Waals surface area contributed by atoms with Gasteiger partial charge in [0.05, 0.1) is 7.05 Å². The molecule has 0 spiro atoms. The third kappa shape index (κ3) is 6.10. The fraction of sp³-hybridized carbons (Fsp3) is 0.923. The van der Waals surface area contributed by atoms with Crippen LogP contribution in [0.25, 0.3) is 0 Å². The summed E-state index contributed by atoms with van der Waals surface area (Å²) in [5, 5.41) is 15.5. The molecule has 1 atom stereocenters. The summed E-state index contributed by atoms with van der Waals surface area (Å²) in [5.41, 5.74) is 0. The molecule has 1 heterocycles. The molecule has 0 aliphatic rings. The molecule has 0 fully saturated rings. The molecule has 104 valence electrons. The summed E-state index contributed by atoms with van der Waals surface area (Å²) in [6.45, 7) is 2.25. The van der Waals surface area contributed by atoms with Crippen LogP contribution in [0.4, 0.5) is 0 Å². The third-order valence-corrected chi connectivity index (χ3v) is 3.29. The molecule has 1 aromatic heterocycles. The highest BCUT2D eigenvalue weighted by molar-refractivity contribution is 4.83. The lowest BCUT2D eigenvalue weighted by molar-refractivity contribution is 0.471. The maximum atomic E-state index is 4.22. The summed E-state index contributed by atoms with van der Waals surface area (Å²) in [5.74, 6) is 0.836. The van der Waals surface area contributed by atoms with Crippen LogP contribution >= 0.6 is 0 Å². The molecule has 5 nitrogen and oxygen atoms in total. The van der Waals surface area contributed by atoms with Gasteiger partial charge in [-0.1, -0.05) is 45.4 Å². The smallest absolute Gasteiger partial charge is 0.176 e. The Balaban J connectivity index is 2.13. The van der Waals surface area contributed by atoms with Gasteiger partial charge in [0.1, 0.15) is 0 Å². The van der Waals surface area contributed by atoms with E-state index in [2.05, 4.69) is 27.7 Å². The largest absolute Gasteiger partial charge is 0.317 e. The van der Waals surface area contributed by atoms with Crippen LogP contribution in [0.15, 0.2) is 0 Å². The lowest BCUT2D eigenvalue weighted by Gasteiger charge is -2.13. The van der Waals surface area contributed by atoms with E-state index in [4.69, 9.17) is 0 Å². The number of aromatic nitrogens is 4. The van der Waals surface area contributed by atoms with Crippen molar-refractivity contribution in [3.05, 3.63) is 5.82 Å². The minimum absolute atomic E-state index is 0.473. The van der Waals surface area contributed by atoms with Gasteiger partial charge in [0.25, 0.3) is 0 Å². The average Bonchev–Trinajstić information content (AvgIpc) is 2.77. The highest BCUT2D eigenvalue weighted by Gasteiger charge is 2.10. The highest BCUT2D eigenvalue weighted by Crippen LogP contribution is 2.10. The summed E-state index contributed by atoms with van der Waals surface area (Å²) in [4.78, 5) is 1.52. The van der Waals surface area contributed by atoms with Gasteiger partial charge in [-0.2, -0.15) is 4.80 Å². The Morgan fingerprint density at radius 1 is 1.17 bits per heavy atom. The van der Waals surface area contributed by atoms with Crippen LogP contribution in [0, 0.1) is 0 Å². The fourth-order valence-corrected chi connectivity index (χ4v) is 2.14. The molecule has 5 heteroatoms. The lowest BCUT2D eigenvalue weighted by Crippen LogP contribution is -2.28. The molecular weight excluding hydrogens is 226 g/mol. The van der Waals surface area contributed by atoms with Gasteiger partial charge < -0.3 is 5.32 Å². The van der Waals surface area contributed by atoms with Gasteiger partial charge in [0, 0.05) is 12.5 Å². The normalized spacial score (nSPS) is 12.8. The zero-order valence-electron chi connectivity index (χ0n) is 12.0. The van der Waals surface area contributed by atoms with Crippen LogP contribution in [0.5, 0.6) is 0 Å². The number of likely N-dealkylation sites (N-methyl/N-ethyl adjacent to an activating group) is 1. The molecule has 0 bridgehead atoms. The van der Waals surface area contributed by atoms with Crippen molar-refractivity contribution in [2.24, 2.45) is 7.05 Å². The van der Waals surface area contributed by atoms with Crippen molar-refractivity contribution in [3.8, 4) is 0 Å². The van der Waals surface area contributed by atoms with Crippen LogP contribution in [-0.4, -0.2) is 33.3 Å². The van der Waals surface area contributed by atoms with Crippen LogP contribution < -0.4 is 5.32 Å². The molecule has 0 saturated carbocycles. The molecule has 18 heavy (non-hydrogen) atoms.